The van der Waals surface area contributed by atoms with Crippen LogP contribution in [0.1, 0.15) is 16.8 Å². The molecule has 6 heteroatoms. The predicted octanol–water partition coefficient (Wildman–Crippen LogP) is 0.441. The van der Waals surface area contributed by atoms with Crippen molar-refractivity contribution in [2.45, 2.75) is 11.3 Å². The van der Waals surface area contributed by atoms with Gasteiger partial charge in [0.2, 0.25) is 0 Å². The third-order valence-corrected chi connectivity index (χ3v) is 4.54. The van der Waals surface area contributed by atoms with Crippen LogP contribution in [-0.4, -0.2) is 38.8 Å². The molecule has 0 aromatic heterocycles. The summed E-state index contributed by atoms with van der Waals surface area (Å²) in [5.41, 5.74) is 0.275. The average molecular weight is 254 g/mol. The number of hydrogen-bond donors (Lipinski definition) is 1. The van der Waals surface area contributed by atoms with Crippen molar-refractivity contribution in [3.63, 3.8) is 0 Å². The first-order valence-electron chi connectivity index (χ1n) is 5.39. The van der Waals surface area contributed by atoms with Crippen LogP contribution in [0.5, 0.6) is 0 Å². The third-order valence-electron chi connectivity index (χ3n) is 2.70. The summed E-state index contributed by atoms with van der Waals surface area (Å²) < 4.78 is 25.1. The molecule has 0 radical (unpaired) electrons. The predicted molar refractivity (Wildman–Crippen MR) is 63.2 cm³/mol. The minimum atomic E-state index is -3.62. The summed E-state index contributed by atoms with van der Waals surface area (Å²) in [7, 11) is -1.83. The summed E-state index contributed by atoms with van der Waals surface area (Å²) in [6.07, 6.45) is 0.607. The van der Waals surface area contributed by atoms with Crippen LogP contribution < -0.4 is 5.32 Å². The SMILES string of the molecule is CNCCCN1C(=O)c2ccccc2S1(=O)=O. The molecular weight excluding hydrogens is 240 g/mol. The Bertz CT molecular complexity index is 539. The lowest BCUT2D eigenvalue weighted by Crippen LogP contribution is -2.32. The number of hydrogen-bond acceptors (Lipinski definition) is 4. The number of benzene rings is 1. The van der Waals surface area contributed by atoms with Crippen molar-refractivity contribution in [1.29, 1.82) is 0 Å². The fourth-order valence-electron chi connectivity index (χ4n) is 1.85. The second-order valence-electron chi connectivity index (χ2n) is 3.84. The van der Waals surface area contributed by atoms with Crippen molar-refractivity contribution in [3.05, 3.63) is 29.8 Å². The molecule has 2 rings (SSSR count). The number of carbonyl (C=O) groups excluding carboxylic acids is 1. The normalized spacial score (nSPS) is 17.2. The van der Waals surface area contributed by atoms with Gasteiger partial charge in [-0.05, 0) is 32.1 Å². The highest BCUT2D eigenvalue weighted by Crippen LogP contribution is 2.29. The Kier molecular flexibility index (Phi) is 3.17. The van der Waals surface area contributed by atoms with Crippen LogP contribution in [0.2, 0.25) is 0 Å². The van der Waals surface area contributed by atoms with Gasteiger partial charge < -0.3 is 5.32 Å². The van der Waals surface area contributed by atoms with Crippen molar-refractivity contribution < 1.29 is 13.2 Å². The zero-order valence-corrected chi connectivity index (χ0v) is 10.3. The Morgan fingerprint density at radius 2 is 2.00 bits per heavy atom. The quantitative estimate of drug-likeness (QED) is 0.792. The van der Waals surface area contributed by atoms with E-state index in [0.717, 1.165) is 4.31 Å². The Balaban J connectivity index is 2.31. The zero-order chi connectivity index (χ0) is 12.5. The van der Waals surface area contributed by atoms with Gasteiger partial charge in [-0.2, -0.15) is 0 Å². The minimum absolute atomic E-state index is 0.120. The average Bonchev–Trinajstić information content (AvgIpc) is 2.51. The van der Waals surface area contributed by atoms with Crippen molar-refractivity contribution in [2.24, 2.45) is 0 Å². The molecule has 0 unspecified atom stereocenters. The zero-order valence-electron chi connectivity index (χ0n) is 9.51. The van der Waals surface area contributed by atoms with Crippen molar-refractivity contribution in [2.75, 3.05) is 20.1 Å². The molecule has 0 saturated heterocycles. The van der Waals surface area contributed by atoms with Crippen LogP contribution in [0.3, 0.4) is 0 Å². The number of rotatable bonds is 4. The first kappa shape index (κ1) is 12.1. The molecule has 0 fully saturated rings. The summed E-state index contributed by atoms with van der Waals surface area (Å²) in [5.74, 6) is -0.420. The van der Waals surface area contributed by atoms with Gasteiger partial charge in [0, 0.05) is 6.54 Å². The number of nitrogens with one attached hydrogen (secondary N) is 1. The molecule has 0 atom stereocenters. The molecule has 1 aromatic carbocycles. The molecule has 0 saturated carbocycles. The molecule has 1 amide bonds. The van der Waals surface area contributed by atoms with E-state index in [0.29, 0.717) is 13.0 Å². The lowest BCUT2D eigenvalue weighted by Gasteiger charge is -2.14. The first-order chi connectivity index (χ1) is 8.09. The number of carbonyl (C=O) groups is 1. The second kappa shape index (κ2) is 4.46. The van der Waals surface area contributed by atoms with Crippen LogP contribution >= 0.6 is 0 Å². The molecule has 92 valence electrons. The highest BCUT2D eigenvalue weighted by atomic mass is 32.2. The van der Waals surface area contributed by atoms with E-state index in [9.17, 15) is 13.2 Å². The maximum Gasteiger partial charge on any atom is 0.269 e. The fourth-order valence-corrected chi connectivity index (χ4v) is 3.46. The smallest absolute Gasteiger partial charge is 0.269 e. The van der Waals surface area contributed by atoms with Gasteiger partial charge in [-0.15, -0.1) is 0 Å². The Morgan fingerprint density at radius 3 is 2.65 bits per heavy atom. The van der Waals surface area contributed by atoms with Crippen LogP contribution in [0.25, 0.3) is 0 Å². The van der Waals surface area contributed by atoms with Crippen molar-refractivity contribution in [1.82, 2.24) is 9.62 Å². The minimum Gasteiger partial charge on any atom is -0.320 e. The van der Waals surface area contributed by atoms with Crippen LogP contribution in [0, 0.1) is 0 Å². The van der Waals surface area contributed by atoms with Crippen molar-refractivity contribution in [3.8, 4) is 0 Å². The molecular formula is C11H14N2O3S. The third kappa shape index (κ3) is 1.94. The first-order valence-corrected chi connectivity index (χ1v) is 6.83. The molecule has 0 spiro atoms. The van der Waals surface area contributed by atoms with E-state index in [1.54, 1.807) is 25.2 Å². The van der Waals surface area contributed by atoms with E-state index in [4.69, 9.17) is 0 Å². The van der Waals surface area contributed by atoms with Gasteiger partial charge in [0.15, 0.2) is 0 Å². The Morgan fingerprint density at radius 1 is 1.29 bits per heavy atom. The fraction of sp³-hybridized carbons (Fsp3) is 0.364. The second-order valence-corrected chi connectivity index (χ2v) is 5.67. The lowest BCUT2D eigenvalue weighted by atomic mass is 10.2. The van der Waals surface area contributed by atoms with Gasteiger partial charge in [0.1, 0.15) is 4.90 Å². The van der Waals surface area contributed by atoms with Gasteiger partial charge in [-0.1, -0.05) is 12.1 Å². The standard InChI is InChI=1S/C11H14N2O3S/c1-12-7-4-8-13-11(14)9-5-2-3-6-10(9)17(13,15)16/h2-3,5-6,12H,4,7-8H2,1H3. The summed E-state index contributed by atoms with van der Waals surface area (Å²) in [4.78, 5) is 12.1. The van der Waals surface area contributed by atoms with Crippen LogP contribution in [0.15, 0.2) is 29.2 Å². The summed E-state index contributed by atoms with van der Waals surface area (Å²) in [6, 6.07) is 6.32. The highest BCUT2D eigenvalue weighted by molar-refractivity contribution is 7.90. The number of fused-ring (bicyclic) bond motifs is 1. The summed E-state index contributed by atoms with van der Waals surface area (Å²) in [6.45, 7) is 0.895. The van der Waals surface area contributed by atoms with E-state index in [-0.39, 0.29) is 17.0 Å². The number of nitrogens with zero attached hydrogens (tertiary/aromatic N) is 1. The van der Waals surface area contributed by atoms with Crippen LogP contribution in [0.4, 0.5) is 0 Å². The molecule has 5 nitrogen and oxygen atoms in total. The van der Waals surface area contributed by atoms with Gasteiger partial charge in [0.05, 0.1) is 5.56 Å². The van der Waals surface area contributed by atoms with Gasteiger partial charge in [-0.25, -0.2) is 12.7 Å². The van der Waals surface area contributed by atoms with Crippen molar-refractivity contribution >= 4 is 15.9 Å². The maximum absolute atomic E-state index is 12.1. The molecule has 1 aromatic rings. The topological polar surface area (TPSA) is 66.5 Å². The van der Waals surface area contributed by atoms with E-state index < -0.39 is 15.9 Å². The Labute approximate surface area is 100 Å². The molecule has 1 aliphatic heterocycles. The lowest BCUT2D eigenvalue weighted by molar-refractivity contribution is 0.0870. The highest BCUT2D eigenvalue weighted by Gasteiger charge is 2.40. The molecule has 0 bridgehead atoms. The van der Waals surface area contributed by atoms with Gasteiger partial charge in [0.25, 0.3) is 15.9 Å². The van der Waals surface area contributed by atoms with E-state index in [1.807, 2.05) is 0 Å². The summed E-state index contributed by atoms with van der Waals surface area (Å²) >= 11 is 0. The number of amides is 1. The molecule has 1 N–H and O–H groups in total. The van der Waals surface area contributed by atoms with Gasteiger partial charge in [-0.3, -0.25) is 4.79 Å². The monoisotopic (exact) mass is 254 g/mol. The van der Waals surface area contributed by atoms with E-state index in [2.05, 4.69) is 5.32 Å². The largest absolute Gasteiger partial charge is 0.320 e. The summed E-state index contributed by atoms with van der Waals surface area (Å²) in [5, 5.41) is 2.92. The van der Waals surface area contributed by atoms with Gasteiger partial charge >= 0.3 is 0 Å². The number of sulfonamides is 1. The molecule has 0 aliphatic carbocycles. The molecule has 1 heterocycles. The van der Waals surface area contributed by atoms with E-state index >= 15 is 0 Å². The van der Waals surface area contributed by atoms with E-state index in [1.165, 1.54) is 6.07 Å². The van der Waals surface area contributed by atoms with Crippen LogP contribution in [-0.2, 0) is 10.0 Å². The maximum atomic E-state index is 12.1. The molecule has 1 aliphatic rings. The molecule has 17 heavy (non-hydrogen) atoms. The Hall–Kier alpha value is -1.40.